The zero-order valence-corrected chi connectivity index (χ0v) is 10.8. The molecule has 1 aromatic heterocycles. The molecular weight excluding hydrogens is 260 g/mol. The minimum atomic E-state index is -0.682. The van der Waals surface area contributed by atoms with Crippen LogP contribution in [0, 0.1) is 0 Å². The first-order valence-electron chi connectivity index (χ1n) is 6.46. The maximum atomic E-state index is 10.1. The number of aliphatic hydroxyl groups is 2. The Morgan fingerprint density at radius 1 is 1.40 bits per heavy atom. The fraction of sp³-hybridized carbons (Fsp3) is 0.357. The van der Waals surface area contributed by atoms with E-state index in [1.165, 1.54) is 0 Å². The first-order chi connectivity index (χ1) is 9.69. The van der Waals surface area contributed by atoms with E-state index in [1.807, 2.05) is 6.07 Å². The van der Waals surface area contributed by atoms with E-state index in [2.05, 4.69) is 5.10 Å². The summed E-state index contributed by atoms with van der Waals surface area (Å²) in [6, 6.07) is 6.96. The van der Waals surface area contributed by atoms with Crippen LogP contribution < -0.4 is 0 Å². The van der Waals surface area contributed by atoms with Gasteiger partial charge in [0, 0.05) is 18.8 Å². The number of phenols is 1. The van der Waals surface area contributed by atoms with Crippen LogP contribution in [-0.2, 0) is 4.74 Å². The van der Waals surface area contributed by atoms with Crippen LogP contribution in [0.5, 0.6) is 5.75 Å². The van der Waals surface area contributed by atoms with Gasteiger partial charge in [0.1, 0.15) is 17.5 Å². The summed E-state index contributed by atoms with van der Waals surface area (Å²) in [6.45, 7) is -0.213. The van der Waals surface area contributed by atoms with E-state index in [0.717, 1.165) is 5.56 Å². The van der Waals surface area contributed by atoms with Crippen molar-refractivity contribution in [3.63, 3.8) is 0 Å². The maximum absolute atomic E-state index is 10.1. The second-order valence-electron chi connectivity index (χ2n) is 4.85. The van der Waals surface area contributed by atoms with Crippen molar-refractivity contribution < 1.29 is 20.1 Å². The summed E-state index contributed by atoms with van der Waals surface area (Å²) in [4.78, 5) is 0. The SMILES string of the molecule is OC[C@H]1O[C@@H](c2ccc(-n3cccn3)c(O)c2)C[C@@H]1O. The molecule has 6 nitrogen and oxygen atoms in total. The minimum Gasteiger partial charge on any atom is -0.506 e. The average Bonchev–Trinajstić information content (AvgIpc) is 3.07. The molecule has 2 heterocycles. The highest BCUT2D eigenvalue weighted by molar-refractivity contribution is 5.48. The molecule has 0 spiro atoms. The van der Waals surface area contributed by atoms with Crippen LogP contribution in [0.15, 0.2) is 36.7 Å². The lowest BCUT2D eigenvalue weighted by Gasteiger charge is -2.14. The van der Waals surface area contributed by atoms with Crippen LogP contribution >= 0.6 is 0 Å². The van der Waals surface area contributed by atoms with Gasteiger partial charge in [-0.1, -0.05) is 6.07 Å². The van der Waals surface area contributed by atoms with Crippen LogP contribution in [0.2, 0.25) is 0 Å². The predicted molar refractivity (Wildman–Crippen MR) is 70.6 cm³/mol. The Morgan fingerprint density at radius 2 is 2.25 bits per heavy atom. The molecule has 106 valence electrons. The average molecular weight is 276 g/mol. The zero-order valence-electron chi connectivity index (χ0n) is 10.8. The molecule has 3 rings (SSSR count). The van der Waals surface area contributed by atoms with Gasteiger partial charge in [0.15, 0.2) is 0 Å². The number of hydrogen-bond acceptors (Lipinski definition) is 5. The molecule has 2 aromatic rings. The molecule has 3 atom stereocenters. The number of aliphatic hydroxyl groups excluding tert-OH is 2. The highest BCUT2D eigenvalue weighted by Gasteiger charge is 2.34. The Hall–Kier alpha value is -1.89. The first-order valence-corrected chi connectivity index (χ1v) is 6.46. The lowest BCUT2D eigenvalue weighted by molar-refractivity contribution is -0.0225. The van der Waals surface area contributed by atoms with Crippen molar-refractivity contribution in [1.82, 2.24) is 9.78 Å². The molecule has 1 aliphatic rings. The van der Waals surface area contributed by atoms with Gasteiger partial charge in [-0.05, 0) is 23.8 Å². The van der Waals surface area contributed by atoms with Crippen molar-refractivity contribution in [2.45, 2.75) is 24.7 Å². The smallest absolute Gasteiger partial charge is 0.141 e. The predicted octanol–water partition coefficient (Wildman–Crippen LogP) is 0.761. The monoisotopic (exact) mass is 276 g/mol. The summed E-state index contributed by atoms with van der Waals surface area (Å²) < 4.78 is 7.13. The molecule has 0 amide bonds. The highest BCUT2D eigenvalue weighted by Crippen LogP contribution is 2.35. The van der Waals surface area contributed by atoms with E-state index >= 15 is 0 Å². The third kappa shape index (κ3) is 2.29. The van der Waals surface area contributed by atoms with Crippen molar-refractivity contribution in [2.24, 2.45) is 0 Å². The Labute approximate surface area is 115 Å². The summed E-state index contributed by atoms with van der Waals surface area (Å²) in [5.74, 6) is 0.0942. The lowest BCUT2D eigenvalue weighted by Crippen LogP contribution is -2.24. The largest absolute Gasteiger partial charge is 0.506 e. The van der Waals surface area contributed by atoms with E-state index < -0.39 is 12.2 Å². The molecule has 1 aromatic carbocycles. The summed E-state index contributed by atoms with van der Waals surface area (Å²) in [5.41, 5.74) is 1.35. The molecule has 0 aliphatic carbocycles. The number of ether oxygens (including phenoxy) is 1. The number of benzene rings is 1. The highest BCUT2D eigenvalue weighted by atomic mass is 16.5. The summed E-state index contributed by atoms with van der Waals surface area (Å²) in [7, 11) is 0. The molecule has 0 saturated carbocycles. The second-order valence-corrected chi connectivity index (χ2v) is 4.85. The second kappa shape index (κ2) is 5.24. The Bertz CT molecular complexity index is 585. The van der Waals surface area contributed by atoms with Crippen molar-refractivity contribution in [1.29, 1.82) is 0 Å². The molecule has 0 unspecified atom stereocenters. The van der Waals surface area contributed by atoms with E-state index in [9.17, 15) is 10.2 Å². The quantitative estimate of drug-likeness (QED) is 0.770. The number of rotatable bonds is 3. The molecule has 1 aliphatic heterocycles. The normalized spacial score (nSPS) is 26.0. The van der Waals surface area contributed by atoms with Crippen molar-refractivity contribution in [3.8, 4) is 11.4 Å². The van der Waals surface area contributed by atoms with E-state index in [-0.39, 0.29) is 18.5 Å². The Balaban J connectivity index is 1.85. The van der Waals surface area contributed by atoms with Crippen molar-refractivity contribution >= 4 is 0 Å². The van der Waals surface area contributed by atoms with Gasteiger partial charge in [0.2, 0.25) is 0 Å². The maximum Gasteiger partial charge on any atom is 0.141 e. The Morgan fingerprint density at radius 3 is 2.85 bits per heavy atom. The van der Waals surface area contributed by atoms with Gasteiger partial charge in [-0.2, -0.15) is 5.10 Å². The van der Waals surface area contributed by atoms with Crippen LogP contribution in [0.3, 0.4) is 0 Å². The zero-order chi connectivity index (χ0) is 14.1. The van der Waals surface area contributed by atoms with Gasteiger partial charge >= 0.3 is 0 Å². The standard InChI is InChI=1S/C14H16N2O4/c17-8-14-12(19)7-13(20-14)9-2-3-10(11(18)6-9)16-5-1-4-15-16/h1-6,12-14,17-19H,7-8H2/t12-,13+,14+/m0/s1. The number of phenolic OH excluding ortho intramolecular Hbond substituents is 1. The molecule has 20 heavy (non-hydrogen) atoms. The van der Waals surface area contributed by atoms with Crippen molar-refractivity contribution in [3.05, 3.63) is 42.2 Å². The van der Waals surface area contributed by atoms with Gasteiger partial charge in [0.25, 0.3) is 0 Å². The third-order valence-corrected chi connectivity index (χ3v) is 3.53. The van der Waals surface area contributed by atoms with E-state index in [1.54, 1.807) is 35.3 Å². The van der Waals surface area contributed by atoms with Crippen LogP contribution in [-0.4, -0.2) is 43.9 Å². The van der Waals surface area contributed by atoms with Gasteiger partial charge in [-0.3, -0.25) is 0 Å². The number of nitrogens with zero attached hydrogens (tertiary/aromatic N) is 2. The molecule has 0 radical (unpaired) electrons. The van der Waals surface area contributed by atoms with E-state index in [4.69, 9.17) is 9.84 Å². The van der Waals surface area contributed by atoms with Gasteiger partial charge in [-0.25, -0.2) is 4.68 Å². The summed E-state index contributed by atoms with van der Waals surface area (Å²) >= 11 is 0. The number of aromatic hydroxyl groups is 1. The fourth-order valence-electron chi connectivity index (χ4n) is 2.45. The molecular formula is C14H16N2O4. The lowest BCUT2D eigenvalue weighted by atomic mass is 10.0. The van der Waals surface area contributed by atoms with Gasteiger partial charge < -0.3 is 20.1 Å². The number of aromatic nitrogens is 2. The van der Waals surface area contributed by atoms with Crippen molar-refractivity contribution in [2.75, 3.05) is 6.61 Å². The third-order valence-electron chi connectivity index (χ3n) is 3.53. The summed E-state index contributed by atoms with van der Waals surface area (Å²) in [6.07, 6.45) is 2.22. The van der Waals surface area contributed by atoms with Gasteiger partial charge in [0.05, 0.1) is 18.8 Å². The molecule has 6 heteroatoms. The fourth-order valence-corrected chi connectivity index (χ4v) is 2.45. The van der Waals surface area contributed by atoms with E-state index in [0.29, 0.717) is 12.1 Å². The topological polar surface area (TPSA) is 87.7 Å². The van der Waals surface area contributed by atoms with Crippen LogP contribution in [0.4, 0.5) is 0 Å². The van der Waals surface area contributed by atoms with Crippen LogP contribution in [0.25, 0.3) is 5.69 Å². The van der Waals surface area contributed by atoms with Gasteiger partial charge in [-0.15, -0.1) is 0 Å². The first kappa shape index (κ1) is 13.1. The minimum absolute atomic E-state index is 0.0942. The summed E-state index contributed by atoms with van der Waals surface area (Å²) in [5, 5.41) is 33.0. The molecule has 1 fully saturated rings. The molecule has 1 saturated heterocycles. The molecule has 3 N–H and O–H groups in total. The number of hydrogen-bond donors (Lipinski definition) is 3. The molecule has 0 bridgehead atoms. The van der Waals surface area contributed by atoms with Crippen LogP contribution in [0.1, 0.15) is 18.1 Å². The Kier molecular flexibility index (Phi) is 3.43.